The fourth-order valence-corrected chi connectivity index (χ4v) is 4.70. The number of aliphatic hydroxyl groups excluding tert-OH is 2. The molecule has 1 saturated carbocycles. The molecule has 0 unspecified atom stereocenters. The largest absolute Gasteiger partial charge is 0.390 e. The first-order chi connectivity index (χ1) is 11.1. The molecule has 0 spiro atoms. The average Bonchev–Trinajstić information content (AvgIpc) is 2.96. The van der Waals surface area contributed by atoms with Crippen molar-refractivity contribution in [2.24, 2.45) is 16.6 Å². The molecule has 0 aromatic carbocycles. The predicted octanol–water partition coefficient (Wildman–Crippen LogP) is -2.02. The number of aliphatic imine (C=N–C) groups is 1. The number of rotatable bonds is 4. The zero-order chi connectivity index (χ0) is 16.4. The predicted molar refractivity (Wildman–Crippen MR) is 87.2 cm³/mol. The van der Waals surface area contributed by atoms with Crippen LogP contribution in [0.2, 0.25) is 0 Å². The van der Waals surface area contributed by atoms with Crippen molar-refractivity contribution in [1.29, 1.82) is 0 Å². The summed E-state index contributed by atoms with van der Waals surface area (Å²) in [6.07, 6.45) is -1.70. The highest BCUT2D eigenvalue weighted by Gasteiger charge is 2.49. The van der Waals surface area contributed by atoms with Gasteiger partial charge in [-0.1, -0.05) is 11.8 Å². The Balaban J connectivity index is 1.54. The summed E-state index contributed by atoms with van der Waals surface area (Å²) in [6, 6.07) is -0.480. The van der Waals surface area contributed by atoms with Crippen molar-refractivity contribution in [3.63, 3.8) is 0 Å². The van der Waals surface area contributed by atoms with E-state index in [1.807, 2.05) is 0 Å². The zero-order valence-corrected chi connectivity index (χ0v) is 13.7. The molecule has 130 valence electrons. The first-order valence-electron chi connectivity index (χ1n) is 8.00. The number of aliphatic hydroxyl groups is 2. The van der Waals surface area contributed by atoms with Gasteiger partial charge in [-0.2, -0.15) is 0 Å². The Morgan fingerprint density at radius 3 is 2.87 bits per heavy atom. The van der Waals surface area contributed by atoms with Gasteiger partial charge in [0.05, 0.1) is 31.3 Å². The van der Waals surface area contributed by atoms with Gasteiger partial charge >= 0.3 is 0 Å². The first kappa shape index (κ1) is 17.0. The van der Waals surface area contributed by atoms with Crippen molar-refractivity contribution in [2.75, 3.05) is 39.4 Å². The molecule has 0 bridgehead atoms. The average molecular weight is 344 g/mol. The summed E-state index contributed by atoms with van der Waals surface area (Å²) in [5.74, 6) is -0.908. The van der Waals surface area contributed by atoms with Crippen LogP contribution in [-0.2, 0) is 9.53 Å². The number of hydrogen-bond acceptors (Lipinski definition) is 8. The third-order valence-corrected chi connectivity index (χ3v) is 6.01. The lowest BCUT2D eigenvalue weighted by Gasteiger charge is -2.36. The van der Waals surface area contributed by atoms with E-state index in [0.717, 1.165) is 39.4 Å². The minimum absolute atomic E-state index is 0.196. The van der Waals surface area contributed by atoms with Crippen LogP contribution >= 0.6 is 11.8 Å². The van der Waals surface area contributed by atoms with Gasteiger partial charge in [-0.15, -0.1) is 0 Å². The smallest absolute Gasteiger partial charge is 0.221 e. The quantitative estimate of drug-likeness (QED) is 0.464. The van der Waals surface area contributed by atoms with Gasteiger partial charge in [0.1, 0.15) is 6.10 Å². The van der Waals surface area contributed by atoms with Crippen LogP contribution in [0, 0.1) is 5.92 Å². The molecular weight excluding hydrogens is 320 g/mol. The van der Waals surface area contributed by atoms with Crippen LogP contribution in [0.3, 0.4) is 0 Å². The third kappa shape index (κ3) is 3.80. The number of nitrogens with two attached hydrogens (primary N) is 1. The van der Waals surface area contributed by atoms with Gasteiger partial charge in [0.2, 0.25) is 5.91 Å². The third-order valence-electron chi connectivity index (χ3n) is 4.66. The number of nitrogens with zero attached hydrogens (tertiary/aromatic N) is 2. The molecule has 9 heteroatoms. The number of carbonyl (C=O) groups excluding carboxylic acids is 1. The number of fused-ring (bicyclic) bond motifs is 1. The van der Waals surface area contributed by atoms with Crippen LogP contribution in [0.25, 0.3) is 0 Å². The summed E-state index contributed by atoms with van der Waals surface area (Å²) in [4.78, 5) is 18.4. The molecule has 5 N–H and O–H groups in total. The summed E-state index contributed by atoms with van der Waals surface area (Å²) in [5.41, 5.74) is 5.44. The molecule has 1 amide bonds. The molecule has 0 radical (unpaired) electrons. The lowest BCUT2D eigenvalue weighted by atomic mass is 9.81. The van der Waals surface area contributed by atoms with Gasteiger partial charge < -0.3 is 26.0 Å². The summed E-state index contributed by atoms with van der Waals surface area (Å²) < 4.78 is 5.31. The van der Waals surface area contributed by atoms with Crippen LogP contribution in [-0.4, -0.2) is 89.1 Å². The molecule has 0 aromatic rings. The molecule has 2 aliphatic heterocycles. The highest BCUT2D eigenvalue weighted by atomic mass is 32.2. The van der Waals surface area contributed by atoms with E-state index < -0.39 is 30.1 Å². The van der Waals surface area contributed by atoms with E-state index in [0.29, 0.717) is 5.17 Å². The molecule has 5 atom stereocenters. The van der Waals surface area contributed by atoms with Gasteiger partial charge in [0, 0.05) is 31.4 Å². The van der Waals surface area contributed by atoms with E-state index in [4.69, 9.17) is 10.5 Å². The molecule has 3 rings (SSSR count). The Labute approximate surface area is 139 Å². The lowest BCUT2D eigenvalue weighted by molar-refractivity contribution is -0.126. The van der Waals surface area contributed by atoms with E-state index in [2.05, 4.69) is 15.2 Å². The molecule has 23 heavy (non-hydrogen) atoms. The topological polar surface area (TPSA) is 120 Å². The Morgan fingerprint density at radius 2 is 2.17 bits per heavy atom. The van der Waals surface area contributed by atoms with E-state index in [9.17, 15) is 15.0 Å². The van der Waals surface area contributed by atoms with Crippen molar-refractivity contribution in [2.45, 2.75) is 29.9 Å². The zero-order valence-electron chi connectivity index (χ0n) is 12.9. The van der Waals surface area contributed by atoms with Crippen molar-refractivity contribution >= 4 is 22.8 Å². The fourth-order valence-electron chi connectivity index (χ4n) is 3.30. The number of carbonyl (C=O) groups is 1. The van der Waals surface area contributed by atoms with Crippen molar-refractivity contribution in [1.82, 2.24) is 10.2 Å². The van der Waals surface area contributed by atoms with Crippen LogP contribution in [0.4, 0.5) is 0 Å². The van der Waals surface area contributed by atoms with E-state index in [1.54, 1.807) is 0 Å². The molecule has 2 fully saturated rings. The molecular formula is C14H24N4O4S. The minimum atomic E-state index is -0.953. The number of morpholine rings is 1. The summed E-state index contributed by atoms with van der Waals surface area (Å²) in [5, 5.41) is 23.8. The normalized spacial score (nSPS) is 38.0. The van der Waals surface area contributed by atoms with E-state index >= 15 is 0 Å². The maximum atomic E-state index is 11.6. The number of amides is 1. The van der Waals surface area contributed by atoms with Crippen LogP contribution < -0.4 is 11.1 Å². The first-order valence-corrected chi connectivity index (χ1v) is 8.88. The summed E-state index contributed by atoms with van der Waals surface area (Å²) in [7, 11) is 0. The molecule has 3 aliphatic rings. The molecule has 8 nitrogen and oxygen atoms in total. The Bertz CT molecular complexity index is 472. The van der Waals surface area contributed by atoms with Crippen molar-refractivity contribution in [3.05, 3.63) is 0 Å². The Morgan fingerprint density at radius 1 is 1.43 bits per heavy atom. The highest BCUT2D eigenvalue weighted by Crippen LogP contribution is 2.40. The number of nitrogens with one attached hydrogen (secondary N) is 1. The number of primary amides is 1. The Hall–Kier alpha value is -0.870. The minimum Gasteiger partial charge on any atom is -0.390 e. The lowest BCUT2D eigenvalue weighted by Crippen LogP contribution is -2.53. The van der Waals surface area contributed by atoms with Gasteiger partial charge in [-0.05, 0) is 6.42 Å². The van der Waals surface area contributed by atoms with Crippen LogP contribution in [0.15, 0.2) is 4.99 Å². The second kappa shape index (κ2) is 7.35. The Kier molecular flexibility index (Phi) is 5.42. The van der Waals surface area contributed by atoms with Gasteiger partial charge in [-0.3, -0.25) is 14.7 Å². The summed E-state index contributed by atoms with van der Waals surface area (Å²) in [6.45, 7) is 5.03. The van der Waals surface area contributed by atoms with Gasteiger partial charge in [0.15, 0.2) is 5.17 Å². The van der Waals surface area contributed by atoms with Gasteiger partial charge in [-0.25, -0.2) is 0 Å². The number of thioether (sulfide) groups is 1. The van der Waals surface area contributed by atoms with Crippen LogP contribution in [0.5, 0.6) is 0 Å². The van der Waals surface area contributed by atoms with Crippen molar-refractivity contribution < 1.29 is 19.7 Å². The fraction of sp³-hybridized carbons (Fsp3) is 0.857. The second-order valence-corrected chi connectivity index (χ2v) is 7.36. The molecule has 0 aromatic heterocycles. The second-order valence-electron chi connectivity index (χ2n) is 6.19. The van der Waals surface area contributed by atoms with Crippen molar-refractivity contribution in [3.8, 4) is 0 Å². The highest BCUT2D eigenvalue weighted by molar-refractivity contribution is 8.14. The van der Waals surface area contributed by atoms with Crippen LogP contribution in [0.1, 0.15) is 6.42 Å². The monoisotopic (exact) mass is 344 g/mol. The molecule has 1 saturated heterocycles. The maximum Gasteiger partial charge on any atom is 0.221 e. The maximum absolute atomic E-state index is 11.6. The number of hydrogen-bond donors (Lipinski definition) is 4. The van der Waals surface area contributed by atoms with E-state index in [-0.39, 0.29) is 11.7 Å². The van der Waals surface area contributed by atoms with Gasteiger partial charge in [0.25, 0.3) is 0 Å². The number of amidine groups is 1. The standard InChI is InChI=1S/C14H24N4O4S/c15-13(21)8-7-9(19)11(20)10-12(8)23-14(17-10)16-1-2-18-3-5-22-6-4-18/h8-12,19-20H,1-7H2,(H2,15,21)(H,16,17)/t8-,9+,10-,11-,12+/m0/s1. The SMILES string of the molecule is NC(=O)[C@H]1C[C@@H](O)[C@H](O)[C@@H]2N=C(NCCN3CCOCC3)S[C@@H]21. The number of ether oxygens (including phenoxy) is 1. The molecule has 1 aliphatic carbocycles. The summed E-state index contributed by atoms with van der Waals surface area (Å²) >= 11 is 1.45. The van der Waals surface area contributed by atoms with E-state index in [1.165, 1.54) is 11.8 Å². The molecule has 2 heterocycles.